The quantitative estimate of drug-likeness (QED) is 0.844. The lowest BCUT2D eigenvalue weighted by Gasteiger charge is -2.30. The van der Waals surface area contributed by atoms with Crippen LogP contribution in [-0.4, -0.2) is 30.0 Å². The van der Waals surface area contributed by atoms with Crippen molar-refractivity contribution in [3.63, 3.8) is 0 Å². The first kappa shape index (κ1) is 20.0. The van der Waals surface area contributed by atoms with Crippen molar-refractivity contribution < 1.29 is 4.79 Å². The van der Waals surface area contributed by atoms with Gasteiger partial charge < -0.3 is 10.6 Å². The maximum Gasteiger partial charge on any atom is 0.253 e. The zero-order valence-corrected chi connectivity index (χ0v) is 15.1. The number of pyridine rings is 1. The Morgan fingerprint density at radius 2 is 2.17 bits per heavy atom. The van der Waals surface area contributed by atoms with Crippen LogP contribution in [0.15, 0.2) is 30.5 Å². The van der Waals surface area contributed by atoms with Gasteiger partial charge in [-0.25, -0.2) is 0 Å². The number of fused-ring (bicyclic) bond motifs is 1. The molecule has 1 aliphatic rings. The molecule has 0 saturated carbocycles. The Morgan fingerprint density at radius 3 is 2.91 bits per heavy atom. The van der Waals surface area contributed by atoms with Gasteiger partial charge in [-0.1, -0.05) is 24.6 Å². The summed E-state index contributed by atoms with van der Waals surface area (Å²) in [5, 5.41) is 7.90. The van der Waals surface area contributed by atoms with Crippen molar-refractivity contribution in [1.29, 1.82) is 0 Å². The Morgan fingerprint density at radius 1 is 1.39 bits per heavy atom. The Bertz CT molecular complexity index is 681. The molecule has 1 saturated heterocycles. The highest BCUT2D eigenvalue weighted by atomic mass is 35.5. The standard InChI is InChI=1S/C16H18ClN3O.2ClH/c1-10-9-18-6-4-14(10)20-16(21)13-8-12(17)7-11-3-2-5-19-15(11)13;;/h2-3,5,7-8,10,14,18H,4,6,9H2,1H3,(H,20,21);2*1H. The molecule has 3 rings (SSSR count). The van der Waals surface area contributed by atoms with E-state index in [4.69, 9.17) is 11.6 Å². The number of nitrogens with zero attached hydrogens (tertiary/aromatic N) is 1. The van der Waals surface area contributed by atoms with Crippen LogP contribution in [0.3, 0.4) is 0 Å². The second kappa shape index (κ2) is 8.69. The topological polar surface area (TPSA) is 54.0 Å². The third kappa shape index (κ3) is 4.48. The Hall–Kier alpha value is -1.07. The first-order valence-electron chi connectivity index (χ1n) is 7.21. The van der Waals surface area contributed by atoms with Gasteiger partial charge in [0.2, 0.25) is 0 Å². The van der Waals surface area contributed by atoms with E-state index in [-0.39, 0.29) is 36.8 Å². The van der Waals surface area contributed by atoms with Gasteiger partial charge in [0, 0.05) is 22.6 Å². The molecule has 0 radical (unpaired) electrons. The highest BCUT2D eigenvalue weighted by Gasteiger charge is 2.24. The number of amides is 1. The number of hydrogen-bond donors (Lipinski definition) is 2. The third-order valence-corrected chi connectivity index (χ3v) is 4.23. The van der Waals surface area contributed by atoms with E-state index >= 15 is 0 Å². The smallest absolute Gasteiger partial charge is 0.253 e. The minimum absolute atomic E-state index is 0. The monoisotopic (exact) mass is 375 g/mol. The Labute approximate surface area is 153 Å². The molecule has 0 bridgehead atoms. The summed E-state index contributed by atoms with van der Waals surface area (Å²) in [6.07, 6.45) is 2.64. The fourth-order valence-corrected chi connectivity index (χ4v) is 3.03. The van der Waals surface area contributed by atoms with Crippen molar-refractivity contribution in [2.45, 2.75) is 19.4 Å². The zero-order chi connectivity index (χ0) is 14.8. The number of rotatable bonds is 2. The van der Waals surface area contributed by atoms with Gasteiger partial charge >= 0.3 is 0 Å². The molecule has 0 spiro atoms. The number of carbonyl (C=O) groups is 1. The van der Waals surface area contributed by atoms with E-state index in [9.17, 15) is 4.79 Å². The minimum Gasteiger partial charge on any atom is -0.349 e. The largest absolute Gasteiger partial charge is 0.349 e. The van der Waals surface area contributed by atoms with Crippen molar-refractivity contribution in [2.75, 3.05) is 13.1 Å². The first-order chi connectivity index (χ1) is 10.1. The summed E-state index contributed by atoms with van der Waals surface area (Å²) < 4.78 is 0. The van der Waals surface area contributed by atoms with Crippen LogP contribution in [0.1, 0.15) is 23.7 Å². The number of benzene rings is 1. The molecule has 0 aliphatic carbocycles. The maximum absolute atomic E-state index is 12.6. The second-order valence-corrected chi connectivity index (χ2v) is 6.01. The van der Waals surface area contributed by atoms with Gasteiger partial charge in [0.15, 0.2) is 0 Å². The summed E-state index contributed by atoms with van der Waals surface area (Å²) in [6.45, 7) is 4.01. The summed E-state index contributed by atoms with van der Waals surface area (Å²) in [6, 6.07) is 7.47. The van der Waals surface area contributed by atoms with Crippen molar-refractivity contribution in [2.24, 2.45) is 5.92 Å². The van der Waals surface area contributed by atoms with E-state index in [2.05, 4.69) is 22.5 Å². The van der Waals surface area contributed by atoms with Crippen LogP contribution < -0.4 is 10.6 Å². The lowest BCUT2D eigenvalue weighted by atomic mass is 9.95. The molecule has 2 N–H and O–H groups in total. The molecular weight excluding hydrogens is 357 g/mol. The number of nitrogens with one attached hydrogen (secondary N) is 2. The van der Waals surface area contributed by atoms with E-state index in [1.807, 2.05) is 18.2 Å². The van der Waals surface area contributed by atoms with Gasteiger partial charge in [-0.3, -0.25) is 9.78 Å². The number of piperidine rings is 1. The van der Waals surface area contributed by atoms with Crippen LogP contribution in [0.5, 0.6) is 0 Å². The third-order valence-electron chi connectivity index (χ3n) is 4.02. The fraction of sp³-hybridized carbons (Fsp3) is 0.375. The van der Waals surface area contributed by atoms with Gasteiger partial charge in [0.1, 0.15) is 0 Å². The molecule has 1 aromatic heterocycles. The molecule has 2 unspecified atom stereocenters. The molecule has 2 heterocycles. The molecule has 4 nitrogen and oxygen atoms in total. The SMILES string of the molecule is CC1CNCCC1NC(=O)c1cc(Cl)cc2cccnc12.Cl.Cl. The average molecular weight is 377 g/mol. The normalized spacial score (nSPS) is 20.3. The zero-order valence-electron chi connectivity index (χ0n) is 12.7. The van der Waals surface area contributed by atoms with Gasteiger partial charge in [-0.15, -0.1) is 24.8 Å². The Kier molecular flexibility index (Phi) is 7.55. The number of carbonyl (C=O) groups excluding carboxylic acids is 1. The van der Waals surface area contributed by atoms with Gasteiger partial charge in [0.25, 0.3) is 5.91 Å². The molecule has 1 fully saturated rings. The summed E-state index contributed by atoms with van der Waals surface area (Å²) in [4.78, 5) is 16.9. The Balaban J connectivity index is 0.00000132. The van der Waals surface area contributed by atoms with Crippen LogP contribution in [0, 0.1) is 5.92 Å². The fourth-order valence-electron chi connectivity index (χ4n) is 2.80. The predicted molar refractivity (Wildman–Crippen MR) is 99.2 cm³/mol. The molecule has 23 heavy (non-hydrogen) atoms. The van der Waals surface area contributed by atoms with E-state index < -0.39 is 0 Å². The molecule has 2 atom stereocenters. The lowest BCUT2D eigenvalue weighted by molar-refractivity contribution is 0.0915. The van der Waals surface area contributed by atoms with Gasteiger partial charge in [-0.05, 0) is 43.6 Å². The van der Waals surface area contributed by atoms with E-state index in [0.717, 1.165) is 24.9 Å². The van der Waals surface area contributed by atoms with Crippen LogP contribution in [0.25, 0.3) is 10.9 Å². The summed E-state index contributed by atoms with van der Waals surface area (Å²) in [5.41, 5.74) is 1.24. The van der Waals surface area contributed by atoms with Crippen molar-refractivity contribution >= 4 is 53.2 Å². The molecular formula is C16H20Cl3N3O. The summed E-state index contributed by atoms with van der Waals surface area (Å²) >= 11 is 6.12. The molecule has 2 aromatic rings. The van der Waals surface area contributed by atoms with Gasteiger partial charge in [0.05, 0.1) is 11.1 Å². The summed E-state index contributed by atoms with van der Waals surface area (Å²) in [5.74, 6) is 0.320. The lowest BCUT2D eigenvalue weighted by Crippen LogP contribution is -2.48. The highest BCUT2D eigenvalue weighted by Crippen LogP contribution is 2.23. The van der Waals surface area contributed by atoms with Crippen LogP contribution >= 0.6 is 36.4 Å². The van der Waals surface area contributed by atoms with Crippen LogP contribution in [0.4, 0.5) is 0 Å². The first-order valence-corrected chi connectivity index (χ1v) is 7.59. The average Bonchev–Trinajstić information content (AvgIpc) is 2.48. The number of hydrogen-bond acceptors (Lipinski definition) is 3. The van der Waals surface area contributed by atoms with Crippen molar-refractivity contribution in [3.8, 4) is 0 Å². The van der Waals surface area contributed by atoms with E-state index in [0.29, 0.717) is 22.0 Å². The number of aromatic nitrogens is 1. The number of halogens is 3. The second-order valence-electron chi connectivity index (χ2n) is 5.58. The van der Waals surface area contributed by atoms with Gasteiger partial charge in [-0.2, -0.15) is 0 Å². The highest BCUT2D eigenvalue weighted by molar-refractivity contribution is 6.32. The van der Waals surface area contributed by atoms with E-state index in [1.165, 1.54) is 0 Å². The van der Waals surface area contributed by atoms with E-state index in [1.54, 1.807) is 12.3 Å². The molecule has 1 aliphatic heterocycles. The minimum atomic E-state index is -0.0973. The van der Waals surface area contributed by atoms with Crippen molar-refractivity contribution in [3.05, 3.63) is 41.0 Å². The maximum atomic E-state index is 12.6. The summed E-state index contributed by atoms with van der Waals surface area (Å²) in [7, 11) is 0. The molecule has 1 aromatic carbocycles. The molecule has 7 heteroatoms. The van der Waals surface area contributed by atoms with Crippen molar-refractivity contribution in [1.82, 2.24) is 15.6 Å². The van der Waals surface area contributed by atoms with Crippen LogP contribution in [-0.2, 0) is 0 Å². The van der Waals surface area contributed by atoms with Crippen LogP contribution in [0.2, 0.25) is 5.02 Å². The molecule has 1 amide bonds. The predicted octanol–water partition coefficient (Wildman–Crippen LogP) is 3.46. The molecule has 126 valence electrons.